The number of Topliss-reactive ketones (excluding diaryl/α,β-unsaturated/α-hetero) is 1. The molecule has 0 saturated carbocycles. The molecular formula is C8H6F6N2O. The SMILES string of the molecule is Cn1nc(C(F)(F)F)cc1CC(=O)C(F)(F)F. The Labute approximate surface area is 91.0 Å². The van der Waals surface area contributed by atoms with E-state index in [1.807, 2.05) is 0 Å². The average molecular weight is 260 g/mol. The highest BCUT2D eigenvalue weighted by Crippen LogP contribution is 2.29. The van der Waals surface area contributed by atoms with Crippen molar-refractivity contribution in [2.45, 2.75) is 18.8 Å². The first-order chi connectivity index (χ1) is 7.51. The van der Waals surface area contributed by atoms with E-state index in [-0.39, 0.29) is 0 Å². The number of rotatable bonds is 2. The van der Waals surface area contributed by atoms with Crippen LogP contribution < -0.4 is 0 Å². The lowest BCUT2D eigenvalue weighted by molar-refractivity contribution is -0.170. The Kier molecular flexibility index (Phi) is 3.22. The van der Waals surface area contributed by atoms with Crippen LogP contribution in [0.3, 0.4) is 0 Å². The van der Waals surface area contributed by atoms with E-state index in [1.54, 1.807) is 0 Å². The molecule has 17 heavy (non-hydrogen) atoms. The van der Waals surface area contributed by atoms with Gasteiger partial charge in [-0.05, 0) is 6.07 Å². The molecule has 3 nitrogen and oxygen atoms in total. The van der Waals surface area contributed by atoms with Gasteiger partial charge >= 0.3 is 12.4 Å². The van der Waals surface area contributed by atoms with E-state index in [1.165, 1.54) is 0 Å². The first-order valence-corrected chi connectivity index (χ1v) is 4.22. The van der Waals surface area contributed by atoms with Gasteiger partial charge in [-0.2, -0.15) is 31.4 Å². The fourth-order valence-electron chi connectivity index (χ4n) is 1.07. The summed E-state index contributed by atoms with van der Waals surface area (Å²) in [7, 11) is 1.04. The molecule has 1 aromatic heterocycles. The summed E-state index contributed by atoms with van der Waals surface area (Å²) in [4.78, 5) is 10.6. The van der Waals surface area contributed by atoms with E-state index in [0.29, 0.717) is 10.7 Å². The fraction of sp³-hybridized carbons (Fsp3) is 0.500. The molecule has 0 N–H and O–H groups in total. The molecule has 0 saturated heterocycles. The Bertz CT molecular complexity index is 430. The number of nitrogens with zero attached hydrogens (tertiary/aromatic N) is 2. The van der Waals surface area contributed by atoms with Gasteiger partial charge in [0.1, 0.15) is 0 Å². The molecule has 0 aliphatic rings. The molecule has 0 unspecified atom stereocenters. The maximum Gasteiger partial charge on any atom is 0.450 e. The minimum atomic E-state index is -5.07. The van der Waals surface area contributed by atoms with Gasteiger partial charge in [0.2, 0.25) is 5.78 Å². The fourth-order valence-corrected chi connectivity index (χ4v) is 1.07. The largest absolute Gasteiger partial charge is 0.450 e. The number of aromatic nitrogens is 2. The Balaban J connectivity index is 2.94. The highest BCUT2D eigenvalue weighted by molar-refractivity contribution is 5.85. The Hall–Kier alpha value is -1.54. The van der Waals surface area contributed by atoms with Gasteiger partial charge in [-0.25, -0.2) is 0 Å². The van der Waals surface area contributed by atoms with Gasteiger partial charge in [-0.15, -0.1) is 0 Å². The summed E-state index contributed by atoms with van der Waals surface area (Å²) in [6.45, 7) is 0. The molecule has 0 spiro atoms. The monoisotopic (exact) mass is 260 g/mol. The van der Waals surface area contributed by atoms with E-state index in [4.69, 9.17) is 0 Å². The standard InChI is InChI=1S/C8H6F6N2O/c1-16-4(3-6(17)8(12,13)14)2-5(15-16)7(9,10)11/h2H,3H2,1H3. The molecule has 0 aliphatic carbocycles. The third-order valence-corrected chi connectivity index (χ3v) is 1.93. The quantitative estimate of drug-likeness (QED) is 0.763. The zero-order valence-electron chi connectivity index (χ0n) is 8.35. The second-order valence-corrected chi connectivity index (χ2v) is 3.24. The number of ketones is 1. The van der Waals surface area contributed by atoms with Crippen molar-refractivity contribution in [3.05, 3.63) is 17.5 Å². The molecule has 1 heterocycles. The molecule has 0 fully saturated rings. The molecule has 9 heteroatoms. The highest BCUT2D eigenvalue weighted by atomic mass is 19.4. The molecule has 1 rings (SSSR count). The molecule has 0 aromatic carbocycles. The van der Waals surface area contributed by atoms with Crippen LogP contribution >= 0.6 is 0 Å². The van der Waals surface area contributed by atoms with Crippen molar-refractivity contribution in [3.63, 3.8) is 0 Å². The van der Waals surface area contributed by atoms with Crippen LogP contribution in [0.25, 0.3) is 0 Å². The number of hydrogen-bond donors (Lipinski definition) is 0. The van der Waals surface area contributed by atoms with Gasteiger partial charge in [0.25, 0.3) is 0 Å². The lowest BCUT2D eigenvalue weighted by Gasteiger charge is -2.04. The van der Waals surface area contributed by atoms with E-state index in [2.05, 4.69) is 5.10 Å². The lowest BCUT2D eigenvalue weighted by atomic mass is 10.2. The second kappa shape index (κ2) is 4.04. The van der Waals surface area contributed by atoms with Crippen LogP contribution in [0, 0.1) is 0 Å². The van der Waals surface area contributed by atoms with Gasteiger partial charge in [0, 0.05) is 12.7 Å². The van der Waals surface area contributed by atoms with Crippen LogP contribution in [0.5, 0.6) is 0 Å². The topological polar surface area (TPSA) is 34.9 Å². The molecular weight excluding hydrogens is 254 g/mol. The van der Waals surface area contributed by atoms with Crippen molar-refractivity contribution >= 4 is 5.78 Å². The number of halogens is 6. The molecule has 96 valence electrons. The average Bonchev–Trinajstić information content (AvgIpc) is 2.45. The van der Waals surface area contributed by atoms with Crippen LogP contribution in [0.2, 0.25) is 0 Å². The number of carbonyl (C=O) groups excluding carboxylic acids is 1. The zero-order valence-corrected chi connectivity index (χ0v) is 8.35. The van der Waals surface area contributed by atoms with Crippen molar-refractivity contribution in [1.82, 2.24) is 9.78 Å². The van der Waals surface area contributed by atoms with E-state index in [0.717, 1.165) is 7.05 Å². The van der Waals surface area contributed by atoms with Crippen LogP contribution in [0.1, 0.15) is 11.4 Å². The predicted molar refractivity (Wildman–Crippen MR) is 43.0 cm³/mol. The highest BCUT2D eigenvalue weighted by Gasteiger charge is 2.40. The first-order valence-electron chi connectivity index (χ1n) is 4.22. The smallest absolute Gasteiger partial charge is 0.289 e. The normalized spacial score (nSPS) is 12.9. The Morgan fingerprint density at radius 2 is 1.82 bits per heavy atom. The second-order valence-electron chi connectivity index (χ2n) is 3.24. The molecule has 0 atom stereocenters. The summed E-state index contributed by atoms with van der Waals surface area (Å²) >= 11 is 0. The third-order valence-electron chi connectivity index (χ3n) is 1.93. The molecule has 1 aromatic rings. The number of hydrogen-bond acceptors (Lipinski definition) is 2. The minimum Gasteiger partial charge on any atom is -0.289 e. The van der Waals surface area contributed by atoms with Crippen LogP contribution in [0.15, 0.2) is 6.07 Å². The van der Waals surface area contributed by atoms with E-state index in [9.17, 15) is 31.1 Å². The Morgan fingerprint density at radius 3 is 2.18 bits per heavy atom. The summed E-state index contributed by atoms with van der Waals surface area (Å²) in [6, 6.07) is 0.420. The predicted octanol–water partition coefficient (Wildman–Crippen LogP) is 2.11. The summed E-state index contributed by atoms with van der Waals surface area (Å²) in [5, 5.41) is 2.99. The molecule has 0 aliphatic heterocycles. The maximum atomic E-state index is 12.2. The van der Waals surface area contributed by atoms with Gasteiger partial charge in [-0.3, -0.25) is 9.48 Å². The van der Waals surface area contributed by atoms with Gasteiger partial charge in [-0.1, -0.05) is 0 Å². The first kappa shape index (κ1) is 13.5. The molecule has 0 amide bonds. The van der Waals surface area contributed by atoms with Crippen molar-refractivity contribution in [1.29, 1.82) is 0 Å². The number of aryl methyl sites for hydroxylation is 1. The van der Waals surface area contributed by atoms with Crippen molar-refractivity contribution in [2.75, 3.05) is 0 Å². The maximum absolute atomic E-state index is 12.2. The third kappa shape index (κ3) is 3.21. The van der Waals surface area contributed by atoms with Crippen LogP contribution in [-0.2, 0) is 24.4 Å². The zero-order chi connectivity index (χ0) is 13.4. The summed E-state index contributed by atoms with van der Waals surface area (Å²) < 4.78 is 72.8. The van der Waals surface area contributed by atoms with Gasteiger partial charge in [0.15, 0.2) is 5.69 Å². The lowest BCUT2D eigenvalue weighted by Crippen LogP contribution is -2.25. The van der Waals surface area contributed by atoms with Crippen LogP contribution in [0.4, 0.5) is 26.3 Å². The van der Waals surface area contributed by atoms with Crippen LogP contribution in [-0.4, -0.2) is 21.7 Å². The van der Waals surface area contributed by atoms with E-state index >= 15 is 0 Å². The number of alkyl halides is 6. The van der Waals surface area contributed by atoms with Crippen molar-refractivity contribution < 1.29 is 31.1 Å². The molecule has 0 bridgehead atoms. The summed E-state index contributed by atoms with van der Waals surface area (Å²) in [6.07, 6.45) is -11.0. The van der Waals surface area contributed by atoms with Crippen molar-refractivity contribution in [3.8, 4) is 0 Å². The Morgan fingerprint density at radius 1 is 1.29 bits per heavy atom. The number of carbonyl (C=O) groups is 1. The minimum absolute atomic E-state index is 0.420. The van der Waals surface area contributed by atoms with E-state index < -0.39 is 35.9 Å². The summed E-state index contributed by atoms with van der Waals surface area (Å²) in [5.74, 6) is -2.12. The van der Waals surface area contributed by atoms with Crippen molar-refractivity contribution in [2.24, 2.45) is 7.05 Å². The summed E-state index contributed by atoms with van der Waals surface area (Å²) in [5.41, 5.74) is -1.77. The van der Waals surface area contributed by atoms with Gasteiger partial charge < -0.3 is 0 Å². The van der Waals surface area contributed by atoms with Gasteiger partial charge in [0.05, 0.1) is 6.42 Å². The molecule has 0 radical (unpaired) electrons.